The van der Waals surface area contributed by atoms with Gasteiger partial charge in [0.05, 0.1) is 17.1 Å². The summed E-state index contributed by atoms with van der Waals surface area (Å²) in [5, 5.41) is 6.39. The number of nitrogens with zero attached hydrogens (tertiary/aromatic N) is 1. The summed E-state index contributed by atoms with van der Waals surface area (Å²) < 4.78 is 22.8. The molecule has 0 aliphatic rings. The third kappa shape index (κ3) is 7.53. The van der Waals surface area contributed by atoms with Gasteiger partial charge in [-0.15, -0.1) is 0 Å². The Balaban J connectivity index is 1.54. The van der Waals surface area contributed by atoms with Crippen molar-refractivity contribution < 1.29 is 13.4 Å². The lowest BCUT2D eigenvalue weighted by atomic mass is 10.4. The van der Waals surface area contributed by atoms with Gasteiger partial charge in [-0.25, -0.2) is 0 Å². The summed E-state index contributed by atoms with van der Waals surface area (Å²) in [7, 11) is 0.718. The topological polar surface area (TPSA) is 75.9 Å². The van der Waals surface area contributed by atoms with Gasteiger partial charge in [-0.3, -0.25) is 9.20 Å². The van der Waals surface area contributed by atoms with Gasteiger partial charge in [0, 0.05) is 37.4 Å². The molecule has 2 aromatic rings. The van der Waals surface area contributed by atoms with E-state index in [9.17, 15) is 4.21 Å². The van der Waals surface area contributed by atoms with Gasteiger partial charge in [-0.05, 0) is 30.7 Å². The number of ether oxygens (including phenoxy) is 1. The average Bonchev–Trinajstić information content (AvgIpc) is 3.17. The Morgan fingerprint density at radius 1 is 1.16 bits per heavy atom. The fourth-order valence-electron chi connectivity index (χ4n) is 2.12. The van der Waals surface area contributed by atoms with Crippen LogP contribution in [0.1, 0.15) is 12.2 Å². The Kier molecular flexibility index (Phi) is 8.79. The van der Waals surface area contributed by atoms with Gasteiger partial charge in [0.15, 0.2) is 5.96 Å². The monoisotopic (exact) mass is 363 g/mol. The van der Waals surface area contributed by atoms with Gasteiger partial charge in [0.25, 0.3) is 0 Å². The maximum Gasteiger partial charge on any atom is 0.191 e. The van der Waals surface area contributed by atoms with Crippen LogP contribution in [0.25, 0.3) is 0 Å². The zero-order valence-electron chi connectivity index (χ0n) is 14.4. The minimum Gasteiger partial charge on any atom is -0.467 e. The first-order valence-corrected chi connectivity index (χ1v) is 9.59. The lowest BCUT2D eigenvalue weighted by molar-refractivity contribution is 0.105. The first kappa shape index (κ1) is 19.2. The molecule has 0 bridgehead atoms. The minimum absolute atomic E-state index is 0.491. The number of guanidine groups is 1. The highest BCUT2D eigenvalue weighted by Crippen LogP contribution is 2.04. The molecule has 1 atom stereocenters. The van der Waals surface area contributed by atoms with E-state index >= 15 is 0 Å². The maximum atomic E-state index is 12.1. The largest absolute Gasteiger partial charge is 0.467 e. The maximum absolute atomic E-state index is 12.1. The first-order valence-electron chi connectivity index (χ1n) is 8.27. The van der Waals surface area contributed by atoms with Crippen LogP contribution >= 0.6 is 0 Å². The van der Waals surface area contributed by atoms with E-state index in [1.165, 1.54) is 0 Å². The van der Waals surface area contributed by atoms with Crippen LogP contribution in [0.15, 0.2) is 63.0 Å². The van der Waals surface area contributed by atoms with E-state index in [0.717, 1.165) is 23.6 Å². The zero-order chi connectivity index (χ0) is 17.7. The third-order valence-electron chi connectivity index (χ3n) is 3.39. The van der Waals surface area contributed by atoms with Crippen molar-refractivity contribution >= 4 is 16.8 Å². The van der Waals surface area contributed by atoms with Crippen LogP contribution in [0.4, 0.5) is 0 Å². The summed E-state index contributed by atoms with van der Waals surface area (Å²) in [6.45, 7) is 2.48. The van der Waals surface area contributed by atoms with Gasteiger partial charge in [0.1, 0.15) is 12.4 Å². The van der Waals surface area contributed by atoms with E-state index in [1.807, 2.05) is 42.5 Å². The third-order valence-corrected chi connectivity index (χ3v) is 4.76. The summed E-state index contributed by atoms with van der Waals surface area (Å²) in [5.74, 6) is 2.07. The van der Waals surface area contributed by atoms with Crippen LogP contribution in [-0.2, 0) is 22.1 Å². The summed E-state index contributed by atoms with van der Waals surface area (Å²) in [6.07, 6.45) is 2.50. The first-order chi connectivity index (χ1) is 12.3. The Bertz CT molecular complexity index is 645. The molecule has 6 nitrogen and oxygen atoms in total. The molecule has 7 heteroatoms. The lowest BCUT2D eigenvalue weighted by Gasteiger charge is -2.11. The molecule has 1 heterocycles. The van der Waals surface area contributed by atoms with Crippen LogP contribution in [0.2, 0.25) is 0 Å². The summed E-state index contributed by atoms with van der Waals surface area (Å²) in [5.41, 5.74) is 0. The van der Waals surface area contributed by atoms with E-state index in [0.29, 0.717) is 31.5 Å². The van der Waals surface area contributed by atoms with E-state index in [2.05, 4.69) is 15.6 Å². The fraction of sp³-hybridized carbons (Fsp3) is 0.389. The molecule has 1 aromatic carbocycles. The number of nitrogens with one attached hydrogen (secondary N) is 2. The molecule has 0 spiro atoms. The summed E-state index contributed by atoms with van der Waals surface area (Å²) in [4.78, 5) is 5.00. The van der Waals surface area contributed by atoms with Crippen molar-refractivity contribution in [2.24, 2.45) is 4.99 Å². The fourth-order valence-corrected chi connectivity index (χ4v) is 3.11. The Labute approximate surface area is 151 Å². The number of hydrogen-bond acceptors (Lipinski definition) is 4. The van der Waals surface area contributed by atoms with Crippen LogP contribution in [-0.4, -0.2) is 42.7 Å². The number of furan rings is 1. The van der Waals surface area contributed by atoms with Crippen molar-refractivity contribution in [1.29, 1.82) is 0 Å². The number of aliphatic imine (C=N–C) groups is 1. The number of benzene rings is 1. The van der Waals surface area contributed by atoms with Gasteiger partial charge in [0.2, 0.25) is 0 Å². The Hall–Kier alpha value is -2.12. The second-order valence-corrected chi connectivity index (χ2v) is 6.84. The molecular formula is C18H25N3O3S. The number of rotatable bonds is 10. The Morgan fingerprint density at radius 3 is 2.68 bits per heavy atom. The zero-order valence-corrected chi connectivity index (χ0v) is 15.3. The molecular weight excluding hydrogens is 338 g/mol. The average molecular weight is 363 g/mol. The molecule has 1 aromatic heterocycles. The van der Waals surface area contributed by atoms with Crippen LogP contribution < -0.4 is 10.6 Å². The van der Waals surface area contributed by atoms with Crippen LogP contribution in [0.5, 0.6) is 0 Å². The highest BCUT2D eigenvalue weighted by Gasteiger charge is 2.03. The van der Waals surface area contributed by atoms with Gasteiger partial charge < -0.3 is 19.8 Å². The van der Waals surface area contributed by atoms with Crippen molar-refractivity contribution in [2.75, 3.05) is 32.5 Å². The molecule has 2 N–H and O–H groups in total. The molecule has 0 aliphatic carbocycles. The predicted octanol–water partition coefficient (Wildman–Crippen LogP) is 2.16. The molecule has 25 heavy (non-hydrogen) atoms. The highest BCUT2D eigenvalue weighted by atomic mass is 32.2. The van der Waals surface area contributed by atoms with E-state index in [-0.39, 0.29) is 0 Å². The molecule has 0 saturated carbocycles. The standard InChI is InChI=1S/C18H25N3O3S/c1-19-18(20-10-6-12-23-15-16-7-5-13-24-16)21-11-14-25(22)17-8-3-2-4-9-17/h2-5,7-9,13H,6,10-12,14-15H2,1H3,(H2,19,20,21). The molecule has 0 amide bonds. The highest BCUT2D eigenvalue weighted by molar-refractivity contribution is 7.85. The minimum atomic E-state index is -1.00. The molecule has 0 aliphatic heterocycles. The van der Waals surface area contributed by atoms with Crippen molar-refractivity contribution in [1.82, 2.24) is 10.6 Å². The second-order valence-electron chi connectivity index (χ2n) is 5.27. The predicted molar refractivity (Wildman–Crippen MR) is 100 cm³/mol. The summed E-state index contributed by atoms with van der Waals surface area (Å²) in [6, 6.07) is 13.2. The molecule has 1 unspecified atom stereocenters. The lowest BCUT2D eigenvalue weighted by Crippen LogP contribution is -2.39. The van der Waals surface area contributed by atoms with E-state index < -0.39 is 10.8 Å². The van der Waals surface area contributed by atoms with Crippen molar-refractivity contribution in [3.8, 4) is 0 Å². The van der Waals surface area contributed by atoms with Crippen LogP contribution in [0.3, 0.4) is 0 Å². The quantitative estimate of drug-likeness (QED) is 0.384. The van der Waals surface area contributed by atoms with E-state index in [4.69, 9.17) is 9.15 Å². The molecule has 136 valence electrons. The van der Waals surface area contributed by atoms with Gasteiger partial charge >= 0.3 is 0 Å². The molecule has 0 saturated heterocycles. The smallest absolute Gasteiger partial charge is 0.191 e. The summed E-state index contributed by atoms with van der Waals surface area (Å²) >= 11 is 0. The van der Waals surface area contributed by atoms with Crippen molar-refractivity contribution in [3.63, 3.8) is 0 Å². The van der Waals surface area contributed by atoms with Gasteiger partial charge in [-0.2, -0.15) is 0 Å². The molecule has 0 fully saturated rings. The molecule has 2 rings (SSSR count). The Morgan fingerprint density at radius 2 is 1.96 bits per heavy atom. The van der Waals surface area contributed by atoms with Gasteiger partial charge in [-0.1, -0.05) is 18.2 Å². The second kappa shape index (κ2) is 11.4. The SMILES string of the molecule is CN=C(NCCCOCc1ccco1)NCCS(=O)c1ccccc1. The molecule has 0 radical (unpaired) electrons. The number of hydrogen-bond donors (Lipinski definition) is 2. The van der Waals surface area contributed by atoms with Crippen molar-refractivity contribution in [3.05, 3.63) is 54.5 Å². The normalized spacial score (nSPS) is 12.8. The van der Waals surface area contributed by atoms with Crippen molar-refractivity contribution in [2.45, 2.75) is 17.9 Å². The van der Waals surface area contributed by atoms with Crippen LogP contribution in [0, 0.1) is 0 Å². The van der Waals surface area contributed by atoms with E-state index in [1.54, 1.807) is 13.3 Å².